The van der Waals surface area contributed by atoms with Crippen LogP contribution in [0.4, 0.5) is 0 Å². The number of halogens is 1. The highest BCUT2D eigenvalue weighted by Gasteiger charge is 2.28. The van der Waals surface area contributed by atoms with E-state index in [1.807, 2.05) is 0 Å². The quantitative estimate of drug-likeness (QED) is 0.679. The number of nitrogens with one attached hydrogen (secondary N) is 1. The molecule has 0 unspecified atom stereocenters. The Kier molecular flexibility index (Phi) is 7.36. The van der Waals surface area contributed by atoms with Crippen LogP contribution in [0, 0.1) is 5.92 Å². The molecule has 1 amide bonds. The summed E-state index contributed by atoms with van der Waals surface area (Å²) >= 11 is 6.17. The van der Waals surface area contributed by atoms with Gasteiger partial charge in [0.25, 0.3) is 5.91 Å². The van der Waals surface area contributed by atoms with Gasteiger partial charge < -0.3 is 10.2 Å². The lowest BCUT2D eigenvalue weighted by atomic mass is 9.99. The van der Waals surface area contributed by atoms with Gasteiger partial charge in [-0.15, -0.1) is 0 Å². The van der Waals surface area contributed by atoms with Crippen LogP contribution in [0.1, 0.15) is 49.4 Å². The van der Waals surface area contributed by atoms with Crippen LogP contribution in [0.25, 0.3) is 0 Å². The maximum atomic E-state index is 12.7. The van der Waals surface area contributed by atoms with Crippen LogP contribution >= 0.6 is 11.6 Å². The molecule has 0 saturated carbocycles. The van der Waals surface area contributed by atoms with Gasteiger partial charge in [-0.3, -0.25) is 4.79 Å². The van der Waals surface area contributed by atoms with E-state index in [9.17, 15) is 13.2 Å². The van der Waals surface area contributed by atoms with Gasteiger partial charge in [-0.05, 0) is 75.9 Å². The largest absolute Gasteiger partial charge is 0.352 e. The fourth-order valence-corrected chi connectivity index (χ4v) is 5.55. The maximum absolute atomic E-state index is 12.7. The smallest absolute Gasteiger partial charge is 0.252 e. The van der Waals surface area contributed by atoms with Crippen molar-refractivity contribution >= 4 is 27.5 Å². The van der Waals surface area contributed by atoms with Crippen molar-refractivity contribution in [2.45, 2.75) is 43.9 Å². The zero-order valence-electron chi connectivity index (χ0n) is 16.5. The molecular weight excluding hydrogens is 398 g/mol. The average Bonchev–Trinajstić information content (AvgIpc) is 3.22. The number of rotatable bonds is 7. The van der Waals surface area contributed by atoms with E-state index in [0.29, 0.717) is 19.6 Å². The number of sulfonamides is 1. The summed E-state index contributed by atoms with van der Waals surface area (Å²) in [6.07, 6.45) is 5.08. The Morgan fingerprint density at radius 2 is 1.86 bits per heavy atom. The van der Waals surface area contributed by atoms with Gasteiger partial charge in [0.15, 0.2) is 0 Å². The van der Waals surface area contributed by atoms with E-state index in [1.54, 1.807) is 0 Å². The van der Waals surface area contributed by atoms with Gasteiger partial charge in [0.1, 0.15) is 0 Å². The van der Waals surface area contributed by atoms with Crippen LogP contribution in [0.15, 0.2) is 23.1 Å². The first-order valence-electron chi connectivity index (χ1n) is 10.2. The maximum Gasteiger partial charge on any atom is 0.252 e. The van der Waals surface area contributed by atoms with Gasteiger partial charge in [-0.1, -0.05) is 18.5 Å². The minimum Gasteiger partial charge on any atom is -0.352 e. The zero-order valence-corrected chi connectivity index (χ0v) is 18.1. The first-order valence-corrected chi connectivity index (χ1v) is 12.0. The van der Waals surface area contributed by atoms with Crippen molar-refractivity contribution in [1.82, 2.24) is 14.5 Å². The van der Waals surface area contributed by atoms with E-state index in [4.69, 9.17) is 11.6 Å². The Labute approximate surface area is 173 Å². The van der Waals surface area contributed by atoms with Gasteiger partial charge in [0.05, 0.1) is 15.5 Å². The first-order chi connectivity index (χ1) is 13.4. The summed E-state index contributed by atoms with van der Waals surface area (Å²) in [6, 6.07) is 4.37. The van der Waals surface area contributed by atoms with Crippen LogP contribution in [-0.2, 0) is 10.0 Å². The summed E-state index contributed by atoms with van der Waals surface area (Å²) in [4.78, 5) is 15.1. The molecule has 2 saturated heterocycles. The molecular formula is C20H30ClN3O3S. The minimum absolute atomic E-state index is 0.131. The standard InChI is InChI=1S/C20H30ClN3O3S/c1-16-7-13-23(14-8-16)10-4-9-22-20(25)18-15-17(5-6-19(18)21)28(26,27)24-11-2-3-12-24/h5-6,15-16H,2-4,7-14H2,1H3,(H,22,25). The molecule has 1 aromatic rings. The number of likely N-dealkylation sites (tertiary alicyclic amines) is 1. The van der Waals surface area contributed by atoms with E-state index >= 15 is 0 Å². The molecule has 28 heavy (non-hydrogen) atoms. The summed E-state index contributed by atoms with van der Waals surface area (Å²) in [5, 5.41) is 3.14. The van der Waals surface area contributed by atoms with Crippen molar-refractivity contribution in [2.24, 2.45) is 5.92 Å². The lowest BCUT2D eigenvalue weighted by Gasteiger charge is -2.30. The summed E-state index contributed by atoms with van der Waals surface area (Å²) in [5.74, 6) is 0.484. The van der Waals surface area contributed by atoms with Crippen LogP contribution in [0.2, 0.25) is 5.02 Å². The number of piperidine rings is 1. The van der Waals surface area contributed by atoms with E-state index in [2.05, 4.69) is 17.1 Å². The molecule has 0 radical (unpaired) electrons. The lowest BCUT2D eigenvalue weighted by molar-refractivity contribution is 0.0950. The average molecular weight is 428 g/mol. The van der Waals surface area contributed by atoms with E-state index in [1.165, 1.54) is 35.3 Å². The van der Waals surface area contributed by atoms with Crippen LogP contribution in [-0.4, -0.2) is 62.8 Å². The second kappa shape index (κ2) is 9.57. The van der Waals surface area contributed by atoms with Gasteiger partial charge in [0, 0.05) is 19.6 Å². The third-order valence-corrected chi connectivity index (χ3v) is 7.92. The van der Waals surface area contributed by atoms with E-state index in [-0.39, 0.29) is 21.4 Å². The number of hydrogen-bond donors (Lipinski definition) is 1. The highest BCUT2D eigenvalue weighted by Crippen LogP contribution is 2.25. The highest BCUT2D eigenvalue weighted by atomic mass is 35.5. The third-order valence-electron chi connectivity index (χ3n) is 5.70. The molecule has 2 heterocycles. The second-order valence-corrected chi connectivity index (χ2v) is 10.2. The normalized spacial score (nSPS) is 19.8. The summed E-state index contributed by atoms with van der Waals surface area (Å²) in [6.45, 7) is 7.10. The van der Waals surface area contributed by atoms with Gasteiger partial charge in [0.2, 0.25) is 10.0 Å². The number of hydrogen-bond acceptors (Lipinski definition) is 4. The Morgan fingerprint density at radius 3 is 2.54 bits per heavy atom. The zero-order chi connectivity index (χ0) is 20.1. The Bertz CT molecular complexity index is 786. The lowest BCUT2D eigenvalue weighted by Crippen LogP contribution is -2.35. The summed E-state index contributed by atoms with van der Waals surface area (Å²) < 4.78 is 26.9. The van der Waals surface area contributed by atoms with Crippen molar-refractivity contribution in [2.75, 3.05) is 39.3 Å². The molecule has 0 aliphatic carbocycles. The van der Waals surface area contributed by atoms with Crippen molar-refractivity contribution in [3.05, 3.63) is 28.8 Å². The number of carbonyl (C=O) groups is 1. The summed E-state index contributed by atoms with van der Waals surface area (Å²) in [7, 11) is -3.57. The Hall–Kier alpha value is -1.15. The number of benzene rings is 1. The van der Waals surface area contributed by atoms with E-state index < -0.39 is 10.0 Å². The predicted octanol–water partition coefficient (Wildman–Crippen LogP) is 2.98. The molecule has 1 aromatic carbocycles. The highest BCUT2D eigenvalue weighted by molar-refractivity contribution is 7.89. The van der Waals surface area contributed by atoms with Gasteiger partial charge in [-0.2, -0.15) is 4.31 Å². The molecule has 0 atom stereocenters. The molecule has 1 N–H and O–H groups in total. The van der Waals surface area contributed by atoms with Crippen molar-refractivity contribution in [3.63, 3.8) is 0 Å². The van der Waals surface area contributed by atoms with Crippen LogP contribution in [0.5, 0.6) is 0 Å². The first kappa shape index (κ1) is 21.6. The minimum atomic E-state index is -3.57. The molecule has 0 spiro atoms. The predicted molar refractivity (Wildman–Crippen MR) is 111 cm³/mol. The topological polar surface area (TPSA) is 69.7 Å². The fraction of sp³-hybridized carbons (Fsp3) is 0.650. The van der Waals surface area contributed by atoms with Crippen molar-refractivity contribution < 1.29 is 13.2 Å². The van der Waals surface area contributed by atoms with Crippen LogP contribution in [0.3, 0.4) is 0 Å². The molecule has 2 aliphatic heterocycles. The molecule has 0 aromatic heterocycles. The summed E-state index contributed by atoms with van der Waals surface area (Å²) in [5.41, 5.74) is 0.216. The number of nitrogens with zero attached hydrogens (tertiary/aromatic N) is 2. The molecule has 8 heteroatoms. The fourth-order valence-electron chi connectivity index (χ4n) is 3.80. The van der Waals surface area contributed by atoms with Crippen molar-refractivity contribution in [3.8, 4) is 0 Å². The van der Waals surface area contributed by atoms with E-state index in [0.717, 1.165) is 44.8 Å². The molecule has 3 rings (SSSR count). The monoisotopic (exact) mass is 427 g/mol. The molecule has 6 nitrogen and oxygen atoms in total. The molecule has 2 fully saturated rings. The number of carbonyl (C=O) groups excluding carboxylic acids is 1. The molecule has 156 valence electrons. The molecule has 2 aliphatic rings. The van der Waals surface area contributed by atoms with Crippen molar-refractivity contribution in [1.29, 1.82) is 0 Å². The number of amides is 1. The van der Waals surface area contributed by atoms with Gasteiger partial charge >= 0.3 is 0 Å². The Balaban J connectivity index is 1.56. The molecule has 0 bridgehead atoms. The third kappa shape index (κ3) is 5.26. The second-order valence-electron chi connectivity index (χ2n) is 7.89. The van der Waals surface area contributed by atoms with Crippen LogP contribution < -0.4 is 5.32 Å². The Morgan fingerprint density at radius 1 is 1.18 bits per heavy atom. The van der Waals surface area contributed by atoms with Gasteiger partial charge in [-0.25, -0.2) is 8.42 Å². The SMILES string of the molecule is CC1CCN(CCCNC(=O)c2cc(S(=O)(=O)N3CCCC3)ccc2Cl)CC1.